The van der Waals surface area contributed by atoms with Gasteiger partial charge in [-0.2, -0.15) is 0 Å². The molecule has 0 fully saturated rings. The Balaban J connectivity index is 0.000000177. The summed E-state index contributed by atoms with van der Waals surface area (Å²) in [5.74, 6) is 0.0186. The number of carbonyl (C=O) groups excluding carboxylic acids is 2. The average molecular weight is 579 g/mol. The third kappa shape index (κ3) is 4.90. The van der Waals surface area contributed by atoms with Crippen LogP contribution in [0.4, 0.5) is 11.4 Å². The Bertz CT molecular complexity index is 1140. The summed E-state index contributed by atoms with van der Waals surface area (Å²) in [7, 11) is 1.51. The van der Waals surface area contributed by atoms with E-state index < -0.39 is 9.05 Å². The molecule has 4 rings (SSSR count). The summed E-state index contributed by atoms with van der Waals surface area (Å²) in [4.78, 5) is 26.0. The predicted octanol–water partition coefficient (Wildman–Crippen LogP) is 4.64. The topological polar surface area (TPSA) is 74.8 Å². The zero-order valence-corrected chi connectivity index (χ0v) is 21.0. The van der Waals surface area contributed by atoms with E-state index in [1.807, 2.05) is 17.0 Å². The van der Waals surface area contributed by atoms with Gasteiger partial charge >= 0.3 is 0 Å². The van der Waals surface area contributed by atoms with Crippen molar-refractivity contribution >= 4 is 74.8 Å². The molecule has 2 aromatic carbocycles. The van der Waals surface area contributed by atoms with Gasteiger partial charge in [0.15, 0.2) is 0 Å². The molecule has 2 aromatic rings. The molecule has 10 heteroatoms. The van der Waals surface area contributed by atoms with Gasteiger partial charge in [-0.05, 0) is 70.2 Å². The van der Waals surface area contributed by atoms with E-state index in [1.54, 1.807) is 17.9 Å². The first-order chi connectivity index (χ1) is 14.0. The smallest absolute Gasteiger partial charge is 0.262 e. The van der Waals surface area contributed by atoms with Crippen molar-refractivity contribution in [3.8, 4) is 0 Å². The highest BCUT2D eigenvalue weighted by Crippen LogP contribution is 2.36. The Morgan fingerprint density at radius 1 is 0.900 bits per heavy atom. The molecule has 0 aliphatic carbocycles. The Morgan fingerprint density at radius 3 is 1.97 bits per heavy atom. The van der Waals surface area contributed by atoms with E-state index in [0.717, 1.165) is 35.1 Å². The van der Waals surface area contributed by atoms with Crippen LogP contribution in [0.3, 0.4) is 0 Å². The highest BCUT2D eigenvalue weighted by Gasteiger charge is 2.26. The first-order valence-corrected chi connectivity index (χ1v) is 13.0. The summed E-state index contributed by atoms with van der Waals surface area (Å²) in [6.07, 6.45) is 1.68. The highest BCUT2D eigenvalue weighted by atomic mass is 79.9. The molecular formula is C20H19Br2ClN2O4S. The van der Waals surface area contributed by atoms with Crippen LogP contribution >= 0.6 is 42.5 Å². The van der Waals surface area contributed by atoms with Crippen molar-refractivity contribution < 1.29 is 18.0 Å². The fraction of sp³-hybridized carbons (Fsp3) is 0.300. The largest absolute Gasteiger partial charge is 0.312 e. The predicted molar refractivity (Wildman–Crippen MR) is 125 cm³/mol. The van der Waals surface area contributed by atoms with Crippen molar-refractivity contribution in [2.75, 3.05) is 22.9 Å². The van der Waals surface area contributed by atoms with Gasteiger partial charge in [-0.3, -0.25) is 9.59 Å². The highest BCUT2D eigenvalue weighted by molar-refractivity contribution is 9.10. The molecule has 2 heterocycles. The Hall–Kier alpha value is -1.42. The number of benzene rings is 2. The van der Waals surface area contributed by atoms with Crippen molar-refractivity contribution in [1.82, 2.24) is 0 Å². The molecule has 0 bridgehead atoms. The lowest BCUT2D eigenvalue weighted by atomic mass is 10.2. The maximum Gasteiger partial charge on any atom is 0.262 e. The van der Waals surface area contributed by atoms with E-state index in [-0.39, 0.29) is 16.7 Å². The van der Waals surface area contributed by atoms with Gasteiger partial charge in [0.25, 0.3) is 9.05 Å². The van der Waals surface area contributed by atoms with Crippen LogP contribution in [0.25, 0.3) is 0 Å². The molecule has 160 valence electrons. The van der Waals surface area contributed by atoms with Crippen LogP contribution in [0.5, 0.6) is 0 Å². The molecule has 0 N–H and O–H groups in total. The summed E-state index contributed by atoms with van der Waals surface area (Å²) in [5, 5.41) is 0. The van der Waals surface area contributed by atoms with Crippen LogP contribution in [0.1, 0.15) is 25.0 Å². The molecule has 0 atom stereocenters. The minimum absolute atomic E-state index is 0.00827. The van der Waals surface area contributed by atoms with Gasteiger partial charge in [0.2, 0.25) is 11.8 Å². The Morgan fingerprint density at radius 2 is 1.43 bits per heavy atom. The summed E-state index contributed by atoms with van der Waals surface area (Å²) in [6.45, 7) is 4.45. The van der Waals surface area contributed by atoms with Crippen LogP contribution in [-0.2, 0) is 31.5 Å². The molecule has 0 saturated heterocycles. The number of anilines is 2. The summed E-state index contributed by atoms with van der Waals surface area (Å²) in [5.41, 5.74) is 3.89. The van der Waals surface area contributed by atoms with E-state index >= 15 is 0 Å². The van der Waals surface area contributed by atoms with Crippen molar-refractivity contribution in [1.29, 1.82) is 0 Å². The molecule has 6 nitrogen and oxygen atoms in total. The lowest BCUT2D eigenvalue weighted by Gasteiger charge is -2.15. The van der Waals surface area contributed by atoms with E-state index in [0.29, 0.717) is 16.7 Å². The minimum Gasteiger partial charge on any atom is -0.312 e. The van der Waals surface area contributed by atoms with Gasteiger partial charge < -0.3 is 9.80 Å². The van der Waals surface area contributed by atoms with Gasteiger partial charge in [0.1, 0.15) is 0 Å². The molecule has 0 spiro atoms. The number of fused-ring (bicyclic) bond motifs is 2. The molecule has 0 saturated carbocycles. The zero-order chi connectivity index (χ0) is 22.2. The summed E-state index contributed by atoms with van der Waals surface area (Å²) in [6, 6.07) is 9.19. The number of halogens is 3. The fourth-order valence-corrected chi connectivity index (χ4v) is 6.24. The second-order valence-corrected chi connectivity index (χ2v) is 11.3. The van der Waals surface area contributed by atoms with Crippen molar-refractivity contribution in [2.24, 2.45) is 0 Å². The van der Waals surface area contributed by atoms with Crippen molar-refractivity contribution in [3.05, 3.63) is 50.4 Å². The molecule has 2 amide bonds. The second-order valence-electron chi connectivity index (χ2n) is 6.96. The van der Waals surface area contributed by atoms with Gasteiger partial charge in [0.05, 0.1) is 4.90 Å². The lowest BCUT2D eigenvalue weighted by molar-refractivity contribution is -0.117. The lowest BCUT2D eigenvalue weighted by Crippen LogP contribution is -2.25. The third-order valence-corrected chi connectivity index (χ3v) is 7.76. The van der Waals surface area contributed by atoms with E-state index in [2.05, 4.69) is 37.9 Å². The normalized spacial score (nSPS) is 14.7. The molecule has 0 aromatic heterocycles. The van der Waals surface area contributed by atoms with E-state index in [4.69, 9.17) is 10.7 Å². The van der Waals surface area contributed by atoms with Crippen LogP contribution in [0.15, 0.2) is 44.2 Å². The minimum atomic E-state index is -3.82. The number of rotatable bonds is 1. The van der Waals surface area contributed by atoms with Gasteiger partial charge in [-0.25, -0.2) is 8.42 Å². The number of carbonyl (C=O) groups is 2. The maximum atomic E-state index is 11.4. The Kier molecular flexibility index (Phi) is 6.96. The molecule has 2 aliphatic rings. The molecule has 0 radical (unpaired) electrons. The monoisotopic (exact) mass is 576 g/mol. The third-order valence-electron chi connectivity index (χ3n) is 4.99. The first kappa shape index (κ1) is 23.2. The van der Waals surface area contributed by atoms with E-state index in [9.17, 15) is 18.0 Å². The van der Waals surface area contributed by atoms with Crippen molar-refractivity contribution in [2.45, 2.75) is 31.6 Å². The molecule has 2 aliphatic heterocycles. The van der Waals surface area contributed by atoms with E-state index in [1.165, 1.54) is 18.6 Å². The van der Waals surface area contributed by atoms with Gasteiger partial charge in [-0.15, -0.1) is 0 Å². The van der Waals surface area contributed by atoms with Gasteiger partial charge in [-0.1, -0.05) is 15.9 Å². The summed E-state index contributed by atoms with van der Waals surface area (Å²) < 4.78 is 24.2. The molecular weight excluding hydrogens is 560 g/mol. The zero-order valence-electron chi connectivity index (χ0n) is 16.3. The van der Waals surface area contributed by atoms with Crippen LogP contribution < -0.4 is 9.80 Å². The Labute approximate surface area is 196 Å². The number of hydrogen-bond donors (Lipinski definition) is 0. The summed E-state index contributed by atoms with van der Waals surface area (Å²) >= 11 is 6.59. The van der Waals surface area contributed by atoms with Crippen LogP contribution in [-0.4, -0.2) is 33.3 Å². The molecule has 30 heavy (non-hydrogen) atoms. The number of amides is 2. The average Bonchev–Trinajstić information content (AvgIpc) is 3.23. The number of nitrogens with zero attached hydrogens (tertiary/aromatic N) is 2. The quantitative estimate of drug-likeness (QED) is 0.462. The SMILES string of the molecule is CC(=O)N1CCc2cc(Br)c(S(=O)(=O)Cl)cc21.CC(=O)N1CCc2cc(Br)ccc21. The first-order valence-electron chi connectivity index (χ1n) is 9.10. The van der Waals surface area contributed by atoms with Crippen molar-refractivity contribution in [3.63, 3.8) is 0 Å². The number of hydrogen-bond acceptors (Lipinski definition) is 4. The fourth-order valence-electron chi connectivity index (χ4n) is 3.60. The van der Waals surface area contributed by atoms with Crippen LogP contribution in [0.2, 0.25) is 0 Å². The van der Waals surface area contributed by atoms with Gasteiger partial charge in [0, 0.05) is 57.9 Å². The van der Waals surface area contributed by atoms with Crippen LogP contribution in [0, 0.1) is 0 Å². The maximum absolute atomic E-state index is 11.4. The molecule has 0 unspecified atom stereocenters. The second kappa shape index (κ2) is 8.98. The standard InChI is InChI=1S/C10H9BrClNO3S.C10H10BrNO/c1-6(14)13-3-2-7-4-8(11)10(5-9(7)13)17(12,15)16;1-7(13)12-5-4-8-6-9(11)2-3-10(8)12/h4-5H,2-3H2,1H3;2-3,6H,4-5H2,1H3.